The maximum absolute atomic E-state index is 9.35. The van der Waals surface area contributed by atoms with Gasteiger partial charge in [-0.1, -0.05) is 11.6 Å². The van der Waals surface area contributed by atoms with Crippen molar-refractivity contribution >= 4 is 40.0 Å². The van der Waals surface area contributed by atoms with Gasteiger partial charge in [-0.05, 0) is 47.7 Å². The van der Waals surface area contributed by atoms with Gasteiger partial charge in [0.2, 0.25) is 0 Å². The molecule has 0 atom stereocenters. The number of aromatic hydroxyl groups is 1. The van der Waals surface area contributed by atoms with E-state index in [2.05, 4.69) is 32.6 Å². The fourth-order valence-electron chi connectivity index (χ4n) is 1.36. The van der Waals surface area contributed by atoms with Crippen LogP contribution in [0.3, 0.4) is 0 Å². The number of anilines is 1. The zero-order valence-corrected chi connectivity index (χ0v) is 11.8. The van der Waals surface area contributed by atoms with Crippen molar-refractivity contribution in [1.29, 1.82) is 0 Å². The molecule has 2 rings (SSSR count). The fraction of sp³-hybridized carbons (Fsp3) is 0.0909. The van der Waals surface area contributed by atoms with Crippen molar-refractivity contribution in [2.45, 2.75) is 6.92 Å². The molecule has 0 amide bonds. The highest BCUT2D eigenvalue weighted by Crippen LogP contribution is 2.29. The first-order valence-corrected chi connectivity index (χ1v) is 6.23. The average molecular weight is 362 g/mol. The Kier molecular flexibility index (Phi) is 3.39. The summed E-state index contributed by atoms with van der Waals surface area (Å²) in [5.74, 6) is 0.977. The Morgan fingerprint density at radius 1 is 1.35 bits per heavy atom. The van der Waals surface area contributed by atoms with E-state index in [0.29, 0.717) is 11.6 Å². The molecule has 3 N–H and O–H groups in total. The molecular formula is C11H9ClIN3O. The van der Waals surface area contributed by atoms with Gasteiger partial charge in [0.15, 0.2) is 5.82 Å². The van der Waals surface area contributed by atoms with E-state index in [0.717, 1.165) is 14.8 Å². The van der Waals surface area contributed by atoms with Crippen molar-refractivity contribution in [1.82, 2.24) is 9.97 Å². The molecule has 88 valence electrons. The van der Waals surface area contributed by atoms with Gasteiger partial charge in [-0.15, -0.1) is 0 Å². The lowest BCUT2D eigenvalue weighted by atomic mass is 10.2. The molecule has 0 unspecified atom stereocenters. The first-order valence-electron chi connectivity index (χ1n) is 4.77. The van der Waals surface area contributed by atoms with Gasteiger partial charge in [0.05, 0.1) is 14.3 Å². The standard InChI is InChI=1S/C11H9ClIN3O/c1-5-9(13)10(14)16-11(15-5)6-2-3-8(17)7(12)4-6/h2-4,17H,1H3,(H2,14,15,16). The number of rotatable bonds is 1. The molecule has 1 heterocycles. The maximum Gasteiger partial charge on any atom is 0.161 e. The summed E-state index contributed by atoms with van der Waals surface area (Å²) >= 11 is 7.94. The average Bonchev–Trinajstić information content (AvgIpc) is 2.29. The Morgan fingerprint density at radius 3 is 2.65 bits per heavy atom. The molecule has 1 aromatic carbocycles. The monoisotopic (exact) mass is 361 g/mol. The number of halogens is 2. The molecule has 0 spiro atoms. The summed E-state index contributed by atoms with van der Waals surface area (Å²) in [5, 5.41) is 9.61. The van der Waals surface area contributed by atoms with E-state index in [1.54, 1.807) is 12.1 Å². The third-order valence-corrected chi connectivity index (χ3v) is 3.88. The zero-order chi connectivity index (χ0) is 12.6. The molecule has 4 nitrogen and oxygen atoms in total. The summed E-state index contributed by atoms with van der Waals surface area (Å²) in [4.78, 5) is 8.53. The zero-order valence-electron chi connectivity index (χ0n) is 8.91. The summed E-state index contributed by atoms with van der Waals surface area (Å²) in [6, 6.07) is 4.81. The van der Waals surface area contributed by atoms with Crippen LogP contribution in [0.15, 0.2) is 18.2 Å². The summed E-state index contributed by atoms with van der Waals surface area (Å²) in [6.07, 6.45) is 0. The van der Waals surface area contributed by atoms with Crippen molar-refractivity contribution in [2.75, 3.05) is 5.73 Å². The normalized spacial score (nSPS) is 10.5. The Morgan fingerprint density at radius 2 is 2.06 bits per heavy atom. The molecule has 0 bridgehead atoms. The Bertz CT molecular complexity index is 566. The molecule has 0 radical (unpaired) electrons. The van der Waals surface area contributed by atoms with E-state index in [-0.39, 0.29) is 10.8 Å². The minimum absolute atomic E-state index is 0.0330. The maximum atomic E-state index is 9.35. The molecule has 0 aliphatic carbocycles. The molecule has 1 aromatic heterocycles. The van der Waals surface area contributed by atoms with Gasteiger partial charge < -0.3 is 10.8 Å². The van der Waals surface area contributed by atoms with Gasteiger partial charge in [-0.2, -0.15) is 0 Å². The second-order valence-corrected chi connectivity index (χ2v) is 4.98. The summed E-state index contributed by atoms with van der Waals surface area (Å²) in [7, 11) is 0. The van der Waals surface area contributed by atoms with Crippen LogP contribution >= 0.6 is 34.2 Å². The smallest absolute Gasteiger partial charge is 0.161 e. The second-order valence-electron chi connectivity index (χ2n) is 3.50. The third kappa shape index (κ3) is 2.44. The molecule has 0 fully saturated rings. The lowest BCUT2D eigenvalue weighted by Gasteiger charge is -2.06. The summed E-state index contributed by atoms with van der Waals surface area (Å²) < 4.78 is 0.844. The second kappa shape index (κ2) is 4.66. The summed E-state index contributed by atoms with van der Waals surface area (Å²) in [5.41, 5.74) is 7.32. The Balaban J connectivity index is 2.57. The predicted molar refractivity (Wildman–Crippen MR) is 76.0 cm³/mol. The molecule has 6 heteroatoms. The lowest BCUT2D eigenvalue weighted by Crippen LogP contribution is -2.02. The Hall–Kier alpha value is -1.08. The first-order chi connectivity index (χ1) is 7.99. The van der Waals surface area contributed by atoms with E-state index in [4.69, 9.17) is 17.3 Å². The van der Waals surface area contributed by atoms with E-state index >= 15 is 0 Å². The van der Waals surface area contributed by atoms with Crippen molar-refractivity contribution < 1.29 is 5.11 Å². The first kappa shape index (κ1) is 12.4. The van der Waals surface area contributed by atoms with E-state index < -0.39 is 0 Å². The molecule has 0 saturated carbocycles. The van der Waals surface area contributed by atoms with E-state index in [1.165, 1.54) is 6.07 Å². The highest BCUT2D eigenvalue weighted by molar-refractivity contribution is 14.1. The van der Waals surface area contributed by atoms with Crippen LogP contribution in [-0.2, 0) is 0 Å². The third-order valence-electron chi connectivity index (χ3n) is 2.25. The molecular weight excluding hydrogens is 352 g/mol. The van der Waals surface area contributed by atoms with Crippen molar-refractivity contribution in [3.8, 4) is 17.1 Å². The highest BCUT2D eigenvalue weighted by Gasteiger charge is 2.09. The number of nitrogens with zero attached hydrogens (tertiary/aromatic N) is 2. The topological polar surface area (TPSA) is 72.0 Å². The highest BCUT2D eigenvalue weighted by atomic mass is 127. The van der Waals surface area contributed by atoms with Crippen molar-refractivity contribution in [3.63, 3.8) is 0 Å². The van der Waals surface area contributed by atoms with Gasteiger partial charge in [0.1, 0.15) is 11.6 Å². The van der Waals surface area contributed by atoms with Crippen LogP contribution in [0.1, 0.15) is 5.69 Å². The molecule has 17 heavy (non-hydrogen) atoms. The molecule has 0 aliphatic rings. The van der Waals surface area contributed by atoms with Gasteiger partial charge >= 0.3 is 0 Å². The SMILES string of the molecule is Cc1nc(-c2ccc(O)c(Cl)c2)nc(N)c1I. The number of benzene rings is 1. The van der Waals surface area contributed by atoms with Crippen LogP contribution < -0.4 is 5.73 Å². The van der Waals surface area contributed by atoms with Gasteiger partial charge in [0.25, 0.3) is 0 Å². The number of nitrogen functional groups attached to an aromatic ring is 1. The summed E-state index contributed by atoms with van der Waals surface area (Å²) in [6.45, 7) is 1.87. The number of aryl methyl sites for hydroxylation is 1. The minimum Gasteiger partial charge on any atom is -0.506 e. The van der Waals surface area contributed by atoms with Crippen LogP contribution in [0.25, 0.3) is 11.4 Å². The van der Waals surface area contributed by atoms with Crippen LogP contribution in [-0.4, -0.2) is 15.1 Å². The van der Waals surface area contributed by atoms with Gasteiger partial charge in [-0.3, -0.25) is 0 Å². The predicted octanol–water partition coefficient (Wildman–Crippen LogP) is 3.00. The largest absolute Gasteiger partial charge is 0.506 e. The number of phenols is 1. The van der Waals surface area contributed by atoms with E-state index in [1.807, 2.05) is 6.92 Å². The van der Waals surface area contributed by atoms with Gasteiger partial charge in [0, 0.05) is 5.56 Å². The number of phenolic OH excluding ortho intramolecular Hbond substituents is 1. The van der Waals surface area contributed by atoms with Crippen LogP contribution in [0.5, 0.6) is 5.75 Å². The Labute approximate surface area is 117 Å². The van der Waals surface area contributed by atoms with Crippen molar-refractivity contribution in [2.24, 2.45) is 0 Å². The van der Waals surface area contributed by atoms with E-state index in [9.17, 15) is 5.11 Å². The molecule has 0 aliphatic heterocycles. The lowest BCUT2D eigenvalue weighted by molar-refractivity contribution is 0.475. The van der Waals surface area contributed by atoms with Crippen LogP contribution in [0.2, 0.25) is 5.02 Å². The molecule has 2 aromatic rings. The number of nitrogens with two attached hydrogens (primary N) is 1. The molecule has 0 saturated heterocycles. The van der Waals surface area contributed by atoms with Gasteiger partial charge in [-0.25, -0.2) is 9.97 Å². The number of hydrogen-bond acceptors (Lipinski definition) is 4. The van der Waals surface area contributed by atoms with Crippen LogP contribution in [0.4, 0.5) is 5.82 Å². The number of hydrogen-bond donors (Lipinski definition) is 2. The quantitative estimate of drug-likeness (QED) is 0.766. The fourth-order valence-corrected chi connectivity index (χ4v) is 1.78. The van der Waals surface area contributed by atoms with Crippen LogP contribution in [0, 0.1) is 10.5 Å². The number of aromatic nitrogens is 2. The van der Waals surface area contributed by atoms with Crippen molar-refractivity contribution in [3.05, 3.63) is 32.5 Å². The minimum atomic E-state index is 0.0330.